The number of aromatic nitrogens is 4. The molecule has 0 aliphatic carbocycles. The van der Waals surface area contributed by atoms with E-state index >= 15 is 0 Å². The van der Waals surface area contributed by atoms with E-state index in [1.807, 2.05) is 25.1 Å². The minimum atomic E-state index is 0.585. The fourth-order valence-electron chi connectivity index (χ4n) is 2.37. The first-order valence-corrected chi connectivity index (χ1v) is 7.49. The lowest BCUT2D eigenvalue weighted by molar-refractivity contribution is 0.195. The second kappa shape index (κ2) is 7.13. The molecule has 22 heavy (non-hydrogen) atoms. The lowest BCUT2D eigenvalue weighted by Crippen LogP contribution is -2.48. The molecule has 3 heterocycles. The normalized spacial score (nSPS) is 15.8. The van der Waals surface area contributed by atoms with Crippen LogP contribution in [-0.2, 0) is 0 Å². The van der Waals surface area contributed by atoms with E-state index in [0.29, 0.717) is 12.5 Å². The number of rotatable bonds is 5. The van der Waals surface area contributed by atoms with Crippen molar-refractivity contribution in [3.63, 3.8) is 0 Å². The highest BCUT2D eigenvalue weighted by atomic mass is 16.5. The average Bonchev–Trinajstić information content (AvgIpc) is 2.58. The Labute approximate surface area is 130 Å². The highest BCUT2D eigenvalue weighted by Crippen LogP contribution is 2.10. The highest BCUT2D eigenvalue weighted by Gasteiger charge is 2.18. The first kappa shape index (κ1) is 14.6. The molecule has 1 aliphatic rings. The molecule has 1 aliphatic heterocycles. The van der Waals surface area contributed by atoms with Crippen molar-refractivity contribution >= 4 is 5.95 Å². The van der Waals surface area contributed by atoms with Crippen LogP contribution in [0.1, 0.15) is 5.69 Å². The van der Waals surface area contributed by atoms with Crippen LogP contribution in [0.25, 0.3) is 0 Å². The molecule has 7 heteroatoms. The molecule has 116 valence electrons. The van der Waals surface area contributed by atoms with Gasteiger partial charge in [-0.3, -0.25) is 4.90 Å². The van der Waals surface area contributed by atoms with Crippen LogP contribution in [-0.4, -0.2) is 64.4 Å². The SMILES string of the molecule is Cc1ccc(OCCN2CCN(c3ncccn3)CC2)nn1. The predicted molar refractivity (Wildman–Crippen MR) is 82.9 cm³/mol. The van der Waals surface area contributed by atoms with Crippen LogP contribution in [0, 0.1) is 6.92 Å². The number of hydrogen-bond donors (Lipinski definition) is 0. The highest BCUT2D eigenvalue weighted by molar-refractivity contribution is 5.29. The molecule has 0 spiro atoms. The van der Waals surface area contributed by atoms with E-state index < -0.39 is 0 Å². The van der Waals surface area contributed by atoms with Crippen LogP contribution in [0.4, 0.5) is 5.95 Å². The molecule has 1 fully saturated rings. The van der Waals surface area contributed by atoms with Gasteiger partial charge in [-0.15, -0.1) is 5.10 Å². The molecule has 0 aromatic carbocycles. The summed E-state index contributed by atoms with van der Waals surface area (Å²) in [6.07, 6.45) is 3.57. The Balaban J connectivity index is 1.40. The summed E-state index contributed by atoms with van der Waals surface area (Å²) < 4.78 is 5.62. The quantitative estimate of drug-likeness (QED) is 0.808. The molecule has 3 rings (SSSR count). The molecule has 0 amide bonds. The summed E-state index contributed by atoms with van der Waals surface area (Å²) in [5.74, 6) is 1.40. The molecule has 1 saturated heterocycles. The number of anilines is 1. The molecule has 2 aromatic rings. The molecule has 7 nitrogen and oxygen atoms in total. The van der Waals surface area contributed by atoms with Crippen molar-refractivity contribution in [1.29, 1.82) is 0 Å². The van der Waals surface area contributed by atoms with Crippen LogP contribution >= 0.6 is 0 Å². The lowest BCUT2D eigenvalue weighted by atomic mass is 10.3. The molecular formula is C15H20N6O. The van der Waals surface area contributed by atoms with Crippen molar-refractivity contribution in [1.82, 2.24) is 25.1 Å². The molecule has 0 N–H and O–H groups in total. The fraction of sp³-hybridized carbons (Fsp3) is 0.467. The number of nitrogens with zero attached hydrogens (tertiary/aromatic N) is 6. The minimum absolute atomic E-state index is 0.585. The monoisotopic (exact) mass is 300 g/mol. The minimum Gasteiger partial charge on any atom is -0.475 e. The molecule has 0 saturated carbocycles. The van der Waals surface area contributed by atoms with Crippen molar-refractivity contribution in [2.24, 2.45) is 0 Å². The van der Waals surface area contributed by atoms with Crippen LogP contribution < -0.4 is 9.64 Å². The van der Waals surface area contributed by atoms with Gasteiger partial charge in [0.2, 0.25) is 11.8 Å². The first-order chi connectivity index (χ1) is 10.8. The Morgan fingerprint density at radius 3 is 2.50 bits per heavy atom. The maximum atomic E-state index is 5.62. The third-order valence-corrected chi connectivity index (χ3v) is 3.64. The molecule has 0 bridgehead atoms. The smallest absolute Gasteiger partial charge is 0.233 e. The second-order valence-corrected chi connectivity index (χ2v) is 5.24. The van der Waals surface area contributed by atoms with Gasteiger partial charge < -0.3 is 9.64 Å². The van der Waals surface area contributed by atoms with Crippen LogP contribution in [0.3, 0.4) is 0 Å². The Bertz CT molecular complexity index is 568. The van der Waals surface area contributed by atoms with Crippen molar-refractivity contribution < 1.29 is 4.74 Å². The lowest BCUT2D eigenvalue weighted by Gasteiger charge is -2.34. The van der Waals surface area contributed by atoms with Gasteiger partial charge in [-0.1, -0.05) is 0 Å². The van der Waals surface area contributed by atoms with Gasteiger partial charge in [0.15, 0.2) is 0 Å². The van der Waals surface area contributed by atoms with Crippen molar-refractivity contribution in [3.05, 3.63) is 36.3 Å². The predicted octanol–water partition coefficient (Wildman–Crippen LogP) is 0.776. The van der Waals surface area contributed by atoms with Crippen molar-refractivity contribution in [3.8, 4) is 5.88 Å². The molecule has 2 aromatic heterocycles. The van der Waals surface area contributed by atoms with Gasteiger partial charge in [-0.05, 0) is 19.1 Å². The van der Waals surface area contributed by atoms with Crippen LogP contribution in [0.5, 0.6) is 5.88 Å². The third kappa shape index (κ3) is 3.88. The van der Waals surface area contributed by atoms with Gasteiger partial charge in [0.05, 0.1) is 5.69 Å². The summed E-state index contributed by atoms with van der Waals surface area (Å²) in [5.41, 5.74) is 0.895. The standard InChI is InChI=1S/C15H20N6O/c1-13-3-4-14(19-18-13)22-12-11-20-7-9-21(10-8-20)15-16-5-2-6-17-15/h2-6H,7-12H2,1H3. The van der Waals surface area contributed by atoms with Gasteiger partial charge in [-0.25, -0.2) is 9.97 Å². The topological polar surface area (TPSA) is 67.3 Å². The zero-order valence-corrected chi connectivity index (χ0v) is 12.7. The summed E-state index contributed by atoms with van der Waals surface area (Å²) in [6.45, 7) is 7.27. The maximum absolute atomic E-state index is 5.62. The Morgan fingerprint density at radius 2 is 1.82 bits per heavy atom. The Kier molecular flexibility index (Phi) is 4.75. The van der Waals surface area contributed by atoms with Crippen molar-refractivity contribution in [2.45, 2.75) is 6.92 Å². The summed E-state index contributed by atoms with van der Waals surface area (Å²) in [4.78, 5) is 13.2. The van der Waals surface area contributed by atoms with E-state index in [-0.39, 0.29) is 0 Å². The van der Waals surface area contributed by atoms with Gasteiger partial charge in [-0.2, -0.15) is 5.10 Å². The van der Waals surface area contributed by atoms with E-state index in [2.05, 4.69) is 30.0 Å². The van der Waals surface area contributed by atoms with Gasteiger partial charge in [0.1, 0.15) is 6.61 Å². The van der Waals surface area contributed by atoms with E-state index in [0.717, 1.165) is 44.4 Å². The largest absolute Gasteiger partial charge is 0.475 e. The third-order valence-electron chi connectivity index (χ3n) is 3.64. The number of ether oxygens (including phenoxy) is 1. The first-order valence-electron chi connectivity index (χ1n) is 7.49. The molecular weight excluding hydrogens is 280 g/mol. The summed E-state index contributed by atoms with van der Waals surface area (Å²) in [5, 5.41) is 7.98. The second-order valence-electron chi connectivity index (χ2n) is 5.24. The van der Waals surface area contributed by atoms with Gasteiger partial charge >= 0.3 is 0 Å². The number of aryl methyl sites for hydroxylation is 1. The maximum Gasteiger partial charge on any atom is 0.233 e. The summed E-state index contributed by atoms with van der Waals surface area (Å²) in [7, 11) is 0. The number of hydrogen-bond acceptors (Lipinski definition) is 7. The summed E-state index contributed by atoms with van der Waals surface area (Å²) >= 11 is 0. The zero-order valence-electron chi connectivity index (χ0n) is 12.7. The van der Waals surface area contributed by atoms with E-state index in [1.165, 1.54) is 0 Å². The van der Waals surface area contributed by atoms with Gasteiger partial charge in [0, 0.05) is 51.2 Å². The zero-order chi connectivity index (χ0) is 15.2. The molecule has 0 unspecified atom stereocenters. The molecule has 0 atom stereocenters. The Hall–Kier alpha value is -2.28. The van der Waals surface area contributed by atoms with Crippen molar-refractivity contribution in [2.75, 3.05) is 44.2 Å². The van der Waals surface area contributed by atoms with Crippen LogP contribution in [0.2, 0.25) is 0 Å². The van der Waals surface area contributed by atoms with E-state index in [4.69, 9.17) is 4.74 Å². The van der Waals surface area contributed by atoms with E-state index in [9.17, 15) is 0 Å². The number of piperazine rings is 1. The Morgan fingerprint density at radius 1 is 1.05 bits per heavy atom. The van der Waals surface area contributed by atoms with Crippen LogP contribution in [0.15, 0.2) is 30.6 Å². The average molecular weight is 300 g/mol. The van der Waals surface area contributed by atoms with E-state index in [1.54, 1.807) is 12.4 Å². The molecule has 0 radical (unpaired) electrons. The van der Waals surface area contributed by atoms with Gasteiger partial charge in [0.25, 0.3) is 0 Å². The fourth-order valence-corrected chi connectivity index (χ4v) is 2.37. The summed E-state index contributed by atoms with van der Waals surface area (Å²) in [6, 6.07) is 5.60.